The molecular weight excluding hydrogens is 323 g/mol. The van der Waals surface area contributed by atoms with Gasteiger partial charge in [-0.25, -0.2) is 0 Å². The number of para-hydroxylation sites is 1. The van der Waals surface area contributed by atoms with Gasteiger partial charge in [-0.1, -0.05) is 66.7 Å². The summed E-state index contributed by atoms with van der Waals surface area (Å²) < 4.78 is 6.12. The molecule has 1 heterocycles. The Kier molecular flexibility index (Phi) is 3.35. The average Bonchev–Trinajstić information content (AvgIpc) is 3.06. The van der Waals surface area contributed by atoms with Crippen molar-refractivity contribution in [3.05, 3.63) is 78.9 Å². The summed E-state index contributed by atoms with van der Waals surface area (Å²) in [5, 5.41) is 23.6. The van der Waals surface area contributed by atoms with Gasteiger partial charge in [0.05, 0.1) is 0 Å². The van der Waals surface area contributed by atoms with Crippen molar-refractivity contribution in [2.75, 3.05) is 0 Å². The zero-order valence-corrected chi connectivity index (χ0v) is 13.9. The van der Waals surface area contributed by atoms with Crippen molar-refractivity contribution in [1.29, 1.82) is 0 Å². The van der Waals surface area contributed by atoms with Crippen molar-refractivity contribution in [3.8, 4) is 11.1 Å². The van der Waals surface area contributed by atoms with E-state index in [1.54, 1.807) is 6.07 Å². The SMILES string of the molecule is OB(O)c1ccc(-c2ccc3ccccc3c2)c2oc3ccccc3c12. The summed E-state index contributed by atoms with van der Waals surface area (Å²) in [4.78, 5) is 0. The number of furan rings is 1. The summed E-state index contributed by atoms with van der Waals surface area (Å²) in [6.07, 6.45) is 0. The molecular formula is C22H15BO3. The number of rotatable bonds is 2. The zero-order valence-electron chi connectivity index (χ0n) is 13.9. The monoisotopic (exact) mass is 338 g/mol. The van der Waals surface area contributed by atoms with Gasteiger partial charge < -0.3 is 14.5 Å². The van der Waals surface area contributed by atoms with Gasteiger partial charge >= 0.3 is 7.12 Å². The number of benzene rings is 4. The molecule has 4 heteroatoms. The lowest BCUT2D eigenvalue weighted by atomic mass is 9.76. The second-order valence-electron chi connectivity index (χ2n) is 6.44. The lowest BCUT2D eigenvalue weighted by Crippen LogP contribution is -2.30. The Hall–Kier alpha value is -3.08. The molecule has 0 unspecified atom stereocenters. The van der Waals surface area contributed by atoms with Crippen LogP contribution in [0.1, 0.15) is 0 Å². The molecule has 1 aromatic heterocycles. The Morgan fingerprint density at radius 1 is 0.731 bits per heavy atom. The molecule has 124 valence electrons. The standard InChI is InChI=1S/C22H15BO3/c24-23(25)19-12-11-17(16-10-9-14-5-1-2-6-15(14)13-16)22-21(19)18-7-3-4-8-20(18)26-22/h1-13,24-25H. The summed E-state index contributed by atoms with van der Waals surface area (Å²) in [5.74, 6) is 0. The molecule has 0 saturated carbocycles. The molecule has 5 aromatic rings. The maximum absolute atomic E-state index is 9.82. The third kappa shape index (κ3) is 2.24. The fraction of sp³-hybridized carbons (Fsp3) is 0. The van der Waals surface area contributed by atoms with E-state index in [4.69, 9.17) is 4.42 Å². The summed E-state index contributed by atoms with van der Waals surface area (Å²) >= 11 is 0. The number of fused-ring (bicyclic) bond motifs is 4. The van der Waals surface area contributed by atoms with Crippen LogP contribution in [0.4, 0.5) is 0 Å². The molecule has 0 radical (unpaired) electrons. The van der Waals surface area contributed by atoms with Crippen molar-refractivity contribution >= 4 is 45.3 Å². The van der Waals surface area contributed by atoms with Gasteiger partial charge in [-0.3, -0.25) is 0 Å². The van der Waals surface area contributed by atoms with Crippen molar-refractivity contribution < 1.29 is 14.5 Å². The minimum atomic E-state index is -1.55. The summed E-state index contributed by atoms with van der Waals surface area (Å²) in [7, 11) is -1.55. The number of hydrogen-bond donors (Lipinski definition) is 2. The summed E-state index contributed by atoms with van der Waals surface area (Å²) in [5.41, 5.74) is 3.83. The smallest absolute Gasteiger partial charge is 0.455 e. The van der Waals surface area contributed by atoms with Gasteiger partial charge in [0.15, 0.2) is 0 Å². The fourth-order valence-corrected chi connectivity index (χ4v) is 3.65. The van der Waals surface area contributed by atoms with E-state index in [2.05, 4.69) is 30.3 Å². The van der Waals surface area contributed by atoms with E-state index in [1.165, 1.54) is 5.39 Å². The van der Waals surface area contributed by atoms with Gasteiger partial charge in [0, 0.05) is 16.3 Å². The van der Waals surface area contributed by atoms with E-state index in [0.29, 0.717) is 11.0 Å². The van der Waals surface area contributed by atoms with Gasteiger partial charge in [-0.2, -0.15) is 0 Å². The second kappa shape index (κ2) is 5.73. The topological polar surface area (TPSA) is 53.6 Å². The third-order valence-electron chi connectivity index (χ3n) is 4.90. The molecule has 0 saturated heterocycles. The Morgan fingerprint density at radius 3 is 2.35 bits per heavy atom. The zero-order chi connectivity index (χ0) is 17.7. The van der Waals surface area contributed by atoms with E-state index in [9.17, 15) is 10.0 Å². The highest BCUT2D eigenvalue weighted by Gasteiger charge is 2.22. The lowest BCUT2D eigenvalue weighted by molar-refractivity contribution is 0.426. The van der Waals surface area contributed by atoms with Crippen molar-refractivity contribution in [2.24, 2.45) is 0 Å². The van der Waals surface area contributed by atoms with Crippen LogP contribution in [-0.4, -0.2) is 17.2 Å². The maximum atomic E-state index is 9.82. The highest BCUT2D eigenvalue weighted by atomic mass is 16.4. The largest absolute Gasteiger partial charge is 0.489 e. The first kappa shape index (κ1) is 15.2. The van der Waals surface area contributed by atoms with Crippen LogP contribution in [0, 0.1) is 0 Å². The molecule has 2 N–H and O–H groups in total. The van der Waals surface area contributed by atoms with Crippen LogP contribution in [0.5, 0.6) is 0 Å². The average molecular weight is 338 g/mol. The Morgan fingerprint density at radius 2 is 1.50 bits per heavy atom. The maximum Gasteiger partial charge on any atom is 0.489 e. The van der Waals surface area contributed by atoms with E-state index in [-0.39, 0.29) is 0 Å². The van der Waals surface area contributed by atoms with Crippen molar-refractivity contribution in [2.45, 2.75) is 0 Å². The Labute approximate surface area is 150 Å². The van der Waals surface area contributed by atoms with Crippen LogP contribution in [0.15, 0.2) is 83.3 Å². The molecule has 0 bridgehead atoms. The van der Waals surface area contributed by atoms with Crippen LogP contribution >= 0.6 is 0 Å². The van der Waals surface area contributed by atoms with E-state index in [0.717, 1.165) is 32.9 Å². The molecule has 0 atom stereocenters. The van der Waals surface area contributed by atoms with Crippen LogP contribution in [-0.2, 0) is 0 Å². The lowest BCUT2D eigenvalue weighted by Gasteiger charge is -2.08. The van der Waals surface area contributed by atoms with Gasteiger partial charge in [0.1, 0.15) is 11.2 Å². The Bertz CT molecular complexity index is 1270. The molecule has 0 aliphatic heterocycles. The quantitative estimate of drug-likeness (QED) is 0.477. The molecule has 4 aromatic carbocycles. The van der Waals surface area contributed by atoms with E-state index in [1.807, 2.05) is 42.5 Å². The minimum Gasteiger partial charge on any atom is -0.455 e. The first-order valence-electron chi connectivity index (χ1n) is 8.52. The molecule has 0 aliphatic rings. The van der Waals surface area contributed by atoms with Crippen molar-refractivity contribution in [3.63, 3.8) is 0 Å². The van der Waals surface area contributed by atoms with Gasteiger partial charge in [-0.15, -0.1) is 0 Å². The van der Waals surface area contributed by atoms with Gasteiger partial charge in [0.25, 0.3) is 0 Å². The third-order valence-corrected chi connectivity index (χ3v) is 4.90. The summed E-state index contributed by atoms with van der Waals surface area (Å²) in [6, 6.07) is 25.8. The van der Waals surface area contributed by atoms with Crippen LogP contribution in [0.2, 0.25) is 0 Å². The predicted octanol–water partition coefficient (Wildman–Crippen LogP) is 4.09. The predicted molar refractivity (Wildman–Crippen MR) is 106 cm³/mol. The Balaban J connectivity index is 1.86. The fourth-order valence-electron chi connectivity index (χ4n) is 3.65. The summed E-state index contributed by atoms with van der Waals surface area (Å²) in [6.45, 7) is 0. The molecule has 3 nitrogen and oxygen atoms in total. The van der Waals surface area contributed by atoms with Crippen LogP contribution < -0.4 is 5.46 Å². The minimum absolute atomic E-state index is 0.453. The van der Waals surface area contributed by atoms with Crippen LogP contribution in [0.3, 0.4) is 0 Å². The first-order valence-corrected chi connectivity index (χ1v) is 8.52. The first-order chi connectivity index (χ1) is 12.7. The van der Waals surface area contributed by atoms with E-state index < -0.39 is 7.12 Å². The van der Waals surface area contributed by atoms with Gasteiger partial charge in [0.2, 0.25) is 0 Å². The molecule has 26 heavy (non-hydrogen) atoms. The van der Waals surface area contributed by atoms with Crippen LogP contribution in [0.25, 0.3) is 43.8 Å². The highest BCUT2D eigenvalue weighted by Crippen LogP contribution is 2.35. The molecule has 0 spiro atoms. The normalized spacial score (nSPS) is 11.5. The van der Waals surface area contributed by atoms with Gasteiger partial charge in [-0.05, 0) is 33.9 Å². The highest BCUT2D eigenvalue weighted by molar-refractivity contribution is 6.63. The molecule has 0 fully saturated rings. The molecule has 5 rings (SSSR count). The molecule has 0 amide bonds. The number of hydrogen-bond acceptors (Lipinski definition) is 3. The second-order valence-corrected chi connectivity index (χ2v) is 6.44. The van der Waals surface area contributed by atoms with Crippen molar-refractivity contribution in [1.82, 2.24) is 0 Å². The molecule has 0 aliphatic carbocycles. The van der Waals surface area contributed by atoms with E-state index >= 15 is 0 Å².